The number of rotatable bonds is 4. The molecule has 1 heterocycles. The molecule has 1 unspecified atom stereocenters. The Kier molecular flexibility index (Phi) is 4.25. The van der Waals surface area contributed by atoms with Crippen molar-refractivity contribution in [3.8, 4) is 0 Å². The molecule has 0 spiro atoms. The molecule has 1 aromatic carbocycles. The van der Waals surface area contributed by atoms with Crippen LogP contribution in [0.2, 0.25) is 0 Å². The summed E-state index contributed by atoms with van der Waals surface area (Å²) in [6.07, 6.45) is 1.64. The van der Waals surface area contributed by atoms with Gasteiger partial charge in [0.2, 0.25) is 10.0 Å². The highest BCUT2D eigenvalue weighted by Crippen LogP contribution is 2.22. The molecule has 1 saturated heterocycles. The van der Waals surface area contributed by atoms with E-state index < -0.39 is 15.6 Å². The van der Waals surface area contributed by atoms with Gasteiger partial charge in [-0.15, -0.1) is 0 Å². The molecule has 2 rings (SSSR count). The number of nitrogens with one attached hydrogen (secondary N) is 1. The Morgan fingerprint density at radius 1 is 1.47 bits per heavy atom. The topological polar surface area (TPSA) is 81.4 Å². The molecule has 1 fully saturated rings. The van der Waals surface area contributed by atoms with Gasteiger partial charge in [-0.1, -0.05) is 12.1 Å². The van der Waals surface area contributed by atoms with E-state index in [1.807, 2.05) is 13.0 Å². The van der Waals surface area contributed by atoms with Gasteiger partial charge in [0.25, 0.3) is 0 Å². The van der Waals surface area contributed by atoms with Gasteiger partial charge < -0.3 is 10.5 Å². The van der Waals surface area contributed by atoms with Gasteiger partial charge in [0.05, 0.1) is 17.0 Å². The van der Waals surface area contributed by atoms with Gasteiger partial charge in [0.1, 0.15) is 0 Å². The highest BCUT2D eigenvalue weighted by atomic mass is 32.2. The predicted molar refractivity (Wildman–Crippen MR) is 73.1 cm³/mol. The van der Waals surface area contributed by atoms with E-state index in [0.29, 0.717) is 19.8 Å². The van der Waals surface area contributed by atoms with Crippen LogP contribution in [0.3, 0.4) is 0 Å². The smallest absolute Gasteiger partial charge is 0.241 e. The van der Waals surface area contributed by atoms with Crippen LogP contribution in [-0.4, -0.2) is 27.2 Å². The van der Waals surface area contributed by atoms with Gasteiger partial charge in [0, 0.05) is 13.2 Å². The lowest BCUT2D eigenvalue weighted by Crippen LogP contribution is -2.51. The Bertz CT molecular complexity index is 537. The maximum absolute atomic E-state index is 12.4. The number of benzene rings is 1. The third-order valence-electron chi connectivity index (χ3n) is 3.26. The van der Waals surface area contributed by atoms with E-state index >= 15 is 0 Å². The SMILES string of the molecule is CC1(NS(=O)(=O)c2cccc(CN)c2)CCCOC1. The average molecular weight is 284 g/mol. The van der Waals surface area contributed by atoms with Crippen LogP contribution < -0.4 is 10.5 Å². The second kappa shape index (κ2) is 5.58. The summed E-state index contributed by atoms with van der Waals surface area (Å²) in [6.45, 7) is 3.29. The first kappa shape index (κ1) is 14.5. The minimum Gasteiger partial charge on any atom is -0.380 e. The zero-order valence-electron chi connectivity index (χ0n) is 11.1. The van der Waals surface area contributed by atoms with E-state index in [1.54, 1.807) is 18.2 Å². The van der Waals surface area contributed by atoms with Crippen molar-refractivity contribution >= 4 is 10.0 Å². The van der Waals surface area contributed by atoms with Gasteiger partial charge in [-0.25, -0.2) is 13.1 Å². The second-order valence-electron chi connectivity index (χ2n) is 5.17. The Balaban J connectivity index is 2.21. The quantitative estimate of drug-likeness (QED) is 0.864. The van der Waals surface area contributed by atoms with Crippen LogP contribution >= 0.6 is 0 Å². The molecule has 0 saturated carbocycles. The molecular weight excluding hydrogens is 264 g/mol. The molecule has 0 radical (unpaired) electrons. The fourth-order valence-corrected chi connectivity index (χ4v) is 3.73. The van der Waals surface area contributed by atoms with Crippen molar-refractivity contribution in [3.05, 3.63) is 29.8 Å². The summed E-state index contributed by atoms with van der Waals surface area (Å²) in [5.74, 6) is 0. The van der Waals surface area contributed by atoms with E-state index in [4.69, 9.17) is 10.5 Å². The molecule has 0 aliphatic carbocycles. The molecule has 3 N–H and O–H groups in total. The van der Waals surface area contributed by atoms with E-state index in [-0.39, 0.29) is 4.90 Å². The number of ether oxygens (including phenoxy) is 1. The molecule has 19 heavy (non-hydrogen) atoms. The Labute approximate surface area is 114 Å². The zero-order valence-corrected chi connectivity index (χ0v) is 11.9. The first-order valence-corrected chi connectivity index (χ1v) is 7.84. The molecule has 0 bridgehead atoms. The van der Waals surface area contributed by atoms with Crippen molar-refractivity contribution < 1.29 is 13.2 Å². The fourth-order valence-electron chi connectivity index (χ4n) is 2.24. The van der Waals surface area contributed by atoms with Crippen molar-refractivity contribution in [1.82, 2.24) is 4.72 Å². The summed E-state index contributed by atoms with van der Waals surface area (Å²) in [6, 6.07) is 6.70. The number of nitrogens with two attached hydrogens (primary N) is 1. The molecule has 1 aliphatic rings. The number of sulfonamides is 1. The third kappa shape index (κ3) is 3.54. The van der Waals surface area contributed by atoms with Crippen molar-refractivity contribution in [2.24, 2.45) is 5.73 Å². The van der Waals surface area contributed by atoms with E-state index in [1.165, 1.54) is 0 Å². The van der Waals surface area contributed by atoms with Crippen molar-refractivity contribution in [2.45, 2.75) is 36.7 Å². The summed E-state index contributed by atoms with van der Waals surface area (Å²) >= 11 is 0. The maximum atomic E-state index is 12.4. The largest absolute Gasteiger partial charge is 0.380 e. The molecular formula is C13H20N2O3S. The van der Waals surface area contributed by atoms with Gasteiger partial charge in [-0.05, 0) is 37.5 Å². The fraction of sp³-hybridized carbons (Fsp3) is 0.538. The molecule has 1 aliphatic heterocycles. The van der Waals surface area contributed by atoms with Crippen molar-refractivity contribution in [1.29, 1.82) is 0 Å². The van der Waals surface area contributed by atoms with Crippen molar-refractivity contribution in [3.63, 3.8) is 0 Å². The summed E-state index contributed by atoms with van der Waals surface area (Å²) in [5.41, 5.74) is 5.80. The molecule has 1 atom stereocenters. The highest BCUT2D eigenvalue weighted by Gasteiger charge is 2.32. The van der Waals surface area contributed by atoms with Gasteiger partial charge in [-0.2, -0.15) is 0 Å². The van der Waals surface area contributed by atoms with E-state index in [2.05, 4.69) is 4.72 Å². The lowest BCUT2D eigenvalue weighted by molar-refractivity contribution is 0.0386. The summed E-state index contributed by atoms with van der Waals surface area (Å²) in [5, 5.41) is 0. The summed E-state index contributed by atoms with van der Waals surface area (Å²) < 4.78 is 32.8. The van der Waals surface area contributed by atoms with Crippen LogP contribution in [0.1, 0.15) is 25.3 Å². The van der Waals surface area contributed by atoms with Crippen LogP contribution in [0.4, 0.5) is 0 Å². The highest BCUT2D eigenvalue weighted by molar-refractivity contribution is 7.89. The van der Waals surface area contributed by atoms with Gasteiger partial charge >= 0.3 is 0 Å². The van der Waals surface area contributed by atoms with Crippen LogP contribution in [0, 0.1) is 0 Å². The average Bonchev–Trinajstić information content (AvgIpc) is 2.38. The molecule has 1 aromatic rings. The predicted octanol–water partition coefficient (Wildman–Crippen LogP) is 0.993. The Morgan fingerprint density at radius 3 is 2.89 bits per heavy atom. The van der Waals surface area contributed by atoms with E-state index in [9.17, 15) is 8.42 Å². The minimum absolute atomic E-state index is 0.252. The van der Waals surface area contributed by atoms with E-state index in [0.717, 1.165) is 18.4 Å². The standard InChI is InChI=1S/C13H20N2O3S/c1-13(6-3-7-18-10-13)15-19(16,17)12-5-2-4-11(8-12)9-14/h2,4-5,8,15H,3,6-7,9-10,14H2,1H3. The lowest BCUT2D eigenvalue weighted by Gasteiger charge is -2.33. The zero-order chi connectivity index (χ0) is 13.9. The van der Waals surface area contributed by atoms with Crippen LogP contribution in [0.5, 0.6) is 0 Å². The molecule has 0 aromatic heterocycles. The Morgan fingerprint density at radius 2 is 2.26 bits per heavy atom. The number of hydrogen-bond acceptors (Lipinski definition) is 4. The first-order chi connectivity index (χ1) is 8.95. The lowest BCUT2D eigenvalue weighted by atomic mass is 9.97. The molecule has 0 amide bonds. The maximum Gasteiger partial charge on any atom is 0.241 e. The van der Waals surface area contributed by atoms with Crippen molar-refractivity contribution in [2.75, 3.05) is 13.2 Å². The number of hydrogen-bond donors (Lipinski definition) is 2. The molecule has 6 heteroatoms. The normalized spacial score (nSPS) is 24.3. The monoisotopic (exact) mass is 284 g/mol. The third-order valence-corrected chi connectivity index (χ3v) is 4.90. The van der Waals surface area contributed by atoms with Crippen LogP contribution in [0.25, 0.3) is 0 Å². The van der Waals surface area contributed by atoms with Gasteiger partial charge in [0.15, 0.2) is 0 Å². The second-order valence-corrected chi connectivity index (χ2v) is 6.86. The molecule has 5 nitrogen and oxygen atoms in total. The summed E-state index contributed by atoms with van der Waals surface area (Å²) in [7, 11) is -3.54. The Hall–Kier alpha value is -0.950. The summed E-state index contributed by atoms with van der Waals surface area (Å²) in [4.78, 5) is 0.252. The first-order valence-electron chi connectivity index (χ1n) is 6.36. The minimum atomic E-state index is -3.54. The van der Waals surface area contributed by atoms with Crippen LogP contribution in [-0.2, 0) is 21.3 Å². The molecule has 106 valence electrons. The van der Waals surface area contributed by atoms with Crippen LogP contribution in [0.15, 0.2) is 29.2 Å². The van der Waals surface area contributed by atoms with Gasteiger partial charge in [-0.3, -0.25) is 0 Å².